The fourth-order valence-electron chi connectivity index (χ4n) is 1.65. The average Bonchev–Trinajstić information content (AvgIpc) is 2.76. The molecule has 0 aromatic carbocycles. The topological polar surface area (TPSA) is 66.8 Å². The van der Waals surface area contributed by atoms with Crippen LogP contribution in [0.4, 0.5) is 0 Å². The van der Waals surface area contributed by atoms with Gasteiger partial charge in [0.25, 0.3) is 10.0 Å². The molecule has 1 aliphatic rings. The Balaban J connectivity index is 2.30. The Hall–Kier alpha value is 0.01000. The largest absolute Gasteiger partial charge is 0.395 e. The van der Waals surface area contributed by atoms with Crippen LogP contribution in [0.3, 0.4) is 0 Å². The van der Waals surface area contributed by atoms with E-state index >= 15 is 0 Å². The van der Waals surface area contributed by atoms with E-state index in [0.29, 0.717) is 6.61 Å². The fraction of sp³-hybridized carbons (Fsp3) is 0.556. The molecule has 17 heavy (non-hydrogen) atoms. The maximum Gasteiger partial charge on any atom is 0.253 e. The van der Waals surface area contributed by atoms with Gasteiger partial charge in [-0.25, -0.2) is 8.42 Å². The molecule has 96 valence electrons. The van der Waals surface area contributed by atoms with Gasteiger partial charge in [0.15, 0.2) is 0 Å². The van der Waals surface area contributed by atoms with Crippen LogP contribution in [0, 0.1) is 0 Å². The molecule has 1 unspecified atom stereocenters. The minimum absolute atomic E-state index is 0.230. The molecule has 1 N–H and O–H groups in total. The van der Waals surface area contributed by atoms with Gasteiger partial charge < -0.3 is 9.84 Å². The van der Waals surface area contributed by atoms with Crippen LogP contribution in [-0.4, -0.2) is 50.2 Å². The van der Waals surface area contributed by atoms with Crippen LogP contribution in [0.15, 0.2) is 20.1 Å². The van der Waals surface area contributed by atoms with E-state index < -0.39 is 16.1 Å². The summed E-state index contributed by atoms with van der Waals surface area (Å²) >= 11 is 4.41. The second-order valence-corrected chi connectivity index (χ2v) is 8.17. The second-order valence-electron chi connectivity index (χ2n) is 3.59. The number of halogens is 1. The lowest BCUT2D eigenvalue weighted by Crippen LogP contribution is -2.50. The normalized spacial score (nSPS) is 22.8. The monoisotopic (exact) mass is 341 g/mol. The molecule has 1 atom stereocenters. The van der Waals surface area contributed by atoms with Crippen molar-refractivity contribution in [1.82, 2.24) is 4.31 Å². The lowest BCUT2D eigenvalue weighted by molar-refractivity contribution is 0.0110. The Bertz CT molecular complexity index is 487. The van der Waals surface area contributed by atoms with Crippen molar-refractivity contribution in [2.45, 2.75) is 10.3 Å². The van der Waals surface area contributed by atoms with E-state index in [4.69, 9.17) is 4.74 Å². The summed E-state index contributed by atoms with van der Waals surface area (Å²) in [5, 5.41) is 9.18. The number of aliphatic hydroxyl groups excluding tert-OH is 1. The minimum atomic E-state index is -3.52. The molecule has 0 amide bonds. The summed E-state index contributed by atoms with van der Waals surface area (Å²) in [4.78, 5) is 0. The first-order valence-electron chi connectivity index (χ1n) is 5.01. The fourth-order valence-corrected chi connectivity index (χ4v) is 5.38. The number of nitrogens with zero attached hydrogens (tertiary/aromatic N) is 1. The third-order valence-electron chi connectivity index (χ3n) is 2.50. The standard InChI is InChI=1S/C9H12BrNO4S2/c10-8-1-2-9(16-8)17(13,14)11-3-4-15-6-7(11)5-12/h1-2,7,12H,3-6H2. The van der Waals surface area contributed by atoms with Crippen LogP contribution in [-0.2, 0) is 14.8 Å². The van der Waals surface area contributed by atoms with E-state index in [1.807, 2.05) is 0 Å². The molecule has 0 spiro atoms. The first kappa shape index (κ1) is 13.4. The maximum absolute atomic E-state index is 12.3. The Morgan fingerprint density at radius 3 is 2.94 bits per heavy atom. The molecule has 1 aromatic rings. The van der Waals surface area contributed by atoms with E-state index in [1.165, 1.54) is 15.6 Å². The van der Waals surface area contributed by atoms with Gasteiger partial charge in [-0.3, -0.25) is 0 Å². The van der Waals surface area contributed by atoms with Gasteiger partial charge in [-0.1, -0.05) is 0 Å². The van der Waals surface area contributed by atoms with Crippen LogP contribution in [0.25, 0.3) is 0 Å². The molecule has 1 aliphatic heterocycles. The lowest BCUT2D eigenvalue weighted by atomic mass is 10.3. The molecular weight excluding hydrogens is 330 g/mol. The van der Waals surface area contributed by atoms with Crippen molar-refractivity contribution in [3.63, 3.8) is 0 Å². The van der Waals surface area contributed by atoms with Crippen molar-refractivity contribution in [2.75, 3.05) is 26.4 Å². The molecule has 0 radical (unpaired) electrons. The zero-order chi connectivity index (χ0) is 12.5. The lowest BCUT2D eigenvalue weighted by Gasteiger charge is -2.32. The zero-order valence-corrected chi connectivity index (χ0v) is 12.1. The first-order valence-corrected chi connectivity index (χ1v) is 8.06. The number of hydrogen-bond donors (Lipinski definition) is 1. The van der Waals surface area contributed by atoms with Crippen molar-refractivity contribution in [1.29, 1.82) is 0 Å². The molecule has 5 nitrogen and oxygen atoms in total. The summed E-state index contributed by atoms with van der Waals surface area (Å²) in [6.07, 6.45) is 0. The first-order chi connectivity index (χ1) is 8.05. The number of sulfonamides is 1. The Labute approximate surface area is 112 Å². The van der Waals surface area contributed by atoms with Gasteiger partial charge in [0.2, 0.25) is 0 Å². The van der Waals surface area contributed by atoms with E-state index in [0.717, 1.165) is 3.79 Å². The molecule has 0 bridgehead atoms. The summed E-state index contributed by atoms with van der Waals surface area (Å²) < 4.78 is 32.2. The summed E-state index contributed by atoms with van der Waals surface area (Å²) in [6, 6.07) is 2.77. The van der Waals surface area contributed by atoms with Gasteiger partial charge in [-0.15, -0.1) is 11.3 Å². The number of morpholine rings is 1. The highest BCUT2D eigenvalue weighted by atomic mass is 79.9. The zero-order valence-electron chi connectivity index (χ0n) is 8.87. The van der Waals surface area contributed by atoms with Crippen LogP contribution in [0.1, 0.15) is 0 Å². The van der Waals surface area contributed by atoms with E-state index in [1.54, 1.807) is 12.1 Å². The van der Waals surface area contributed by atoms with Crippen molar-refractivity contribution >= 4 is 37.3 Å². The Kier molecular flexibility index (Phi) is 4.22. The highest BCUT2D eigenvalue weighted by Gasteiger charge is 2.34. The number of ether oxygens (including phenoxy) is 1. The van der Waals surface area contributed by atoms with Crippen LogP contribution < -0.4 is 0 Å². The highest BCUT2D eigenvalue weighted by molar-refractivity contribution is 9.11. The van der Waals surface area contributed by atoms with Gasteiger partial charge in [-0.05, 0) is 28.1 Å². The highest BCUT2D eigenvalue weighted by Crippen LogP contribution is 2.29. The number of aliphatic hydroxyl groups is 1. The predicted molar refractivity (Wildman–Crippen MR) is 67.6 cm³/mol. The van der Waals surface area contributed by atoms with E-state index in [-0.39, 0.29) is 24.0 Å². The molecule has 2 rings (SSSR count). The summed E-state index contributed by atoms with van der Waals surface area (Å²) in [6.45, 7) is 0.652. The van der Waals surface area contributed by atoms with Crippen molar-refractivity contribution in [3.8, 4) is 0 Å². The number of rotatable bonds is 3. The molecule has 1 saturated heterocycles. The summed E-state index contributed by atoms with van der Waals surface area (Å²) in [5.74, 6) is 0. The Morgan fingerprint density at radius 2 is 2.35 bits per heavy atom. The van der Waals surface area contributed by atoms with Crippen molar-refractivity contribution in [3.05, 3.63) is 15.9 Å². The second kappa shape index (κ2) is 5.33. The molecule has 0 saturated carbocycles. The molecule has 0 aliphatic carbocycles. The molecule has 8 heteroatoms. The number of thiophene rings is 1. The Morgan fingerprint density at radius 1 is 1.59 bits per heavy atom. The summed E-state index contributed by atoms with van der Waals surface area (Å²) in [7, 11) is -3.52. The van der Waals surface area contributed by atoms with Gasteiger partial charge >= 0.3 is 0 Å². The van der Waals surface area contributed by atoms with Gasteiger partial charge in [-0.2, -0.15) is 4.31 Å². The third kappa shape index (κ3) is 2.72. The smallest absolute Gasteiger partial charge is 0.253 e. The summed E-state index contributed by atoms with van der Waals surface area (Å²) in [5.41, 5.74) is 0. The molecule has 1 aromatic heterocycles. The van der Waals surface area contributed by atoms with Crippen molar-refractivity contribution in [2.24, 2.45) is 0 Å². The van der Waals surface area contributed by atoms with E-state index in [2.05, 4.69) is 15.9 Å². The third-order valence-corrected chi connectivity index (χ3v) is 6.54. The molecular formula is C9H12BrNO4S2. The maximum atomic E-state index is 12.3. The molecule has 2 heterocycles. The minimum Gasteiger partial charge on any atom is -0.395 e. The predicted octanol–water partition coefficient (Wildman–Crippen LogP) is 0.892. The average molecular weight is 342 g/mol. The van der Waals surface area contributed by atoms with Crippen molar-refractivity contribution < 1.29 is 18.3 Å². The van der Waals surface area contributed by atoms with Crippen LogP contribution >= 0.6 is 27.3 Å². The number of hydrogen-bond acceptors (Lipinski definition) is 5. The van der Waals surface area contributed by atoms with E-state index in [9.17, 15) is 13.5 Å². The van der Waals surface area contributed by atoms with Crippen LogP contribution in [0.5, 0.6) is 0 Å². The SMILES string of the molecule is O=S(=O)(c1ccc(Br)s1)N1CCOCC1CO. The van der Waals surface area contributed by atoms with Gasteiger partial charge in [0.1, 0.15) is 4.21 Å². The quantitative estimate of drug-likeness (QED) is 0.886. The molecule has 1 fully saturated rings. The van der Waals surface area contributed by atoms with Gasteiger partial charge in [0, 0.05) is 6.54 Å². The van der Waals surface area contributed by atoms with Crippen LogP contribution in [0.2, 0.25) is 0 Å². The van der Waals surface area contributed by atoms with Gasteiger partial charge in [0.05, 0.1) is 29.6 Å².